The summed E-state index contributed by atoms with van der Waals surface area (Å²) in [5, 5.41) is 4.18. The fourth-order valence-electron chi connectivity index (χ4n) is 2.59. The highest BCUT2D eigenvalue weighted by Crippen LogP contribution is 2.20. The third-order valence-electron chi connectivity index (χ3n) is 3.64. The maximum atomic E-state index is 12.3. The van der Waals surface area contributed by atoms with E-state index in [0.29, 0.717) is 13.0 Å². The second kappa shape index (κ2) is 5.81. The van der Waals surface area contributed by atoms with E-state index in [1.54, 1.807) is 18.7 Å². The first-order chi connectivity index (χ1) is 9.83. The van der Waals surface area contributed by atoms with Crippen molar-refractivity contribution < 1.29 is 4.79 Å². The van der Waals surface area contributed by atoms with Gasteiger partial charge in [0.15, 0.2) is 0 Å². The van der Waals surface area contributed by atoms with Gasteiger partial charge in [-0.05, 0) is 24.5 Å². The van der Waals surface area contributed by atoms with E-state index in [1.807, 2.05) is 21.7 Å². The molecule has 6 nitrogen and oxygen atoms in total. The van der Waals surface area contributed by atoms with Crippen molar-refractivity contribution in [1.29, 1.82) is 0 Å². The number of pyridine rings is 1. The van der Waals surface area contributed by atoms with Gasteiger partial charge in [-0.3, -0.25) is 9.78 Å². The van der Waals surface area contributed by atoms with Crippen LogP contribution in [-0.2, 0) is 11.2 Å². The summed E-state index contributed by atoms with van der Waals surface area (Å²) in [5.74, 6) is 0.155. The second-order valence-electron chi connectivity index (χ2n) is 5.05. The SMILES string of the molecule is O=C(Cc1cccnc1)N1CCC[C@H](n2cncn2)C1. The average Bonchev–Trinajstić information content (AvgIpc) is 3.03. The van der Waals surface area contributed by atoms with E-state index in [2.05, 4.69) is 15.1 Å². The zero-order valence-electron chi connectivity index (χ0n) is 11.2. The summed E-state index contributed by atoms with van der Waals surface area (Å²) in [6.45, 7) is 1.53. The lowest BCUT2D eigenvalue weighted by atomic mass is 10.0. The zero-order chi connectivity index (χ0) is 13.8. The van der Waals surface area contributed by atoms with Crippen LogP contribution in [0.3, 0.4) is 0 Å². The molecule has 6 heteroatoms. The van der Waals surface area contributed by atoms with E-state index in [9.17, 15) is 4.79 Å². The highest BCUT2D eigenvalue weighted by Gasteiger charge is 2.25. The number of hydrogen-bond donors (Lipinski definition) is 0. The summed E-state index contributed by atoms with van der Waals surface area (Å²) in [4.78, 5) is 22.3. The largest absolute Gasteiger partial charge is 0.340 e. The van der Waals surface area contributed by atoms with Gasteiger partial charge >= 0.3 is 0 Å². The molecule has 1 amide bonds. The summed E-state index contributed by atoms with van der Waals surface area (Å²) < 4.78 is 1.85. The van der Waals surface area contributed by atoms with E-state index < -0.39 is 0 Å². The van der Waals surface area contributed by atoms with Crippen molar-refractivity contribution in [3.05, 3.63) is 42.7 Å². The molecule has 104 valence electrons. The number of rotatable bonds is 3. The molecule has 20 heavy (non-hydrogen) atoms. The lowest BCUT2D eigenvalue weighted by Gasteiger charge is -2.32. The van der Waals surface area contributed by atoms with Crippen molar-refractivity contribution in [3.63, 3.8) is 0 Å². The average molecular weight is 271 g/mol. The maximum absolute atomic E-state index is 12.3. The van der Waals surface area contributed by atoms with Crippen LogP contribution >= 0.6 is 0 Å². The molecule has 0 spiro atoms. The standard InChI is InChI=1S/C14H17N5O/c20-14(7-12-3-1-5-15-8-12)18-6-2-4-13(9-18)19-11-16-10-17-19/h1,3,5,8,10-11,13H,2,4,6-7,9H2/t13-/m0/s1. The maximum Gasteiger partial charge on any atom is 0.227 e. The van der Waals surface area contributed by atoms with Crippen LogP contribution in [0.25, 0.3) is 0 Å². The first-order valence-electron chi connectivity index (χ1n) is 6.84. The van der Waals surface area contributed by atoms with E-state index in [1.165, 1.54) is 6.33 Å². The molecule has 1 aliphatic heterocycles. The molecule has 1 aliphatic rings. The minimum absolute atomic E-state index is 0.155. The number of piperidine rings is 1. The Morgan fingerprint density at radius 1 is 1.40 bits per heavy atom. The molecule has 0 N–H and O–H groups in total. The van der Waals surface area contributed by atoms with Crippen LogP contribution in [-0.4, -0.2) is 43.6 Å². The molecule has 2 aromatic heterocycles. The van der Waals surface area contributed by atoms with Crippen LogP contribution in [0, 0.1) is 0 Å². The number of hydrogen-bond acceptors (Lipinski definition) is 4. The van der Waals surface area contributed by atoms with E-state index in [0.717, 1.165) is 24.9 Å². The molecule has 0 aromatic carbocycles. The highest BCUT2D eigenvalue weighted by atomic mass is 16.2. The quantitative estimate of drug-likeness (QED) is 0.838. The van der Waals surface area contributed by atoms with Gasteiger partial charge in [-0.15, -0.1) is 0 Å². The molecule has 3 rings (SSSR count). The fraction of sp³-hybridized carbons (Fsp3) is 0.429. The lowest BCUT2D eigenvalue weighted by Crippen LogP contribution is -2.41. The van der Waals surface area contributed by atoms with Crippen molar-refractivity contribution in [2.75, 3.05) is 13.1 Å². The van der Waals surface area contributed by atoms with Crippen molar-refractivity contribution in [2.45, 2.75) is 25.3 Å². The molecule has 2 aromatic rings. The third kappa shape index (κ3) is 2.84. The molecule has 1 atom stereocenters. The summed E-state index contributed by atoms with van der Waals surface area (Å²) in [7, 11) is 0. The molecular formula is C14H17N5O. The number of amides is 1. The number of carbonyl (C=O) groups excluding carboxylic acids is 1. The molecule has 1 fully saturated rings. The van der Waals surface area contributed by atoms with Crippen molar-refractivity contribution in [2.24, 2.45) is 0 Å². The van der Waals surface area contributed by atoms with Crippen LogP contribution in [0.15, 0.2) is 37.2 Å². The van der Waals surface area contributed by atoms with Crippen molar-refractivity contribution in [1.82, 2.24) is 24.6 Å². The van der Waals surface area contributed by atoms with Gasteiger partial charge in [0.1, 0.15) is 12.7 Å². The predicted octanol–water partition coefficient (Wildman–Crippen LogP) is 1.08. The molecule has 3 heterocycles. The number of aromatic nitrogens is 4. The first kappa shape index (κ1) is 12.8. The highest BCUT2D eigenvalue weighted by molar-refractivity contribution is 5.78. The minimum Gasteiger partial charge on any atom is -0.340 e. The third-order valence-corrected chi connectivity index (χ3v) is 3.64. The zero-order valence-corrected chi connectivity index (χ0v) is 11.2. The molecule has 0 radical (unpaired) electrons. The Morgan fingerprint density at radius 2 is 2.35 bits per heavy atom. The van der Waals surface area contributed by atoms with Gasteiger partial charge in [-0.25, -0.2) is 9.67 Å². The Balaban J connectivity index is 1.63. The van der Waals surface area contributed by atoms with Crippen LogP contribution in [0.5, 0.6) is 0 Å². The fourth-order valence-corrected chi connectivity index (χ4v) is 2.59. The van der Waals surface area contributed by atoms with Gasteiger partial charge < -0.3 is 4.90 Å². The summed E-state index contributed by atoms with van der Waals surface area (Å²) in [6, 6.07) is 4.03. The van der Waals surface area contributed by atoms with Gasteiger partial charge in [0.2, 0.25) is 5.91 Å². The van der Waals surface area contributed by atoms with Crippen LogP contribution in [0.1, 0.15) is 24.4 Å². The van der Waals surface area contributed by atoms with E-state index >= 15 is 0 Å². The van der Waals surface area contributed by atoms with Gasteiger partial charge in [0, 0.05) is 25.5 Å². The van der Waals surface area contributed by atoms with Crippen LogP contribution in [0.4, 0.5) is 0 Å². The molecular weight excluding hydrogens is 254 g/mol. The van der Waals surface area contributed by atoms with Crippen LogP contribution < -0.4 is 0 Å². The number of likely N-dealkylation sites (tertiary alicyclic amines) is 1. The Morgan fingerprint density at radius 3 is 3.10 bits per heavy atom. The molecule has 0 bridgehead atoms. The van der Waals surface area contributed by atoms with Gasteiger partial charge in [-0.2, -0.15) is 5.10 Å². The van der Waals surface area contributed by atoms with Crippen LogP contribution in [0.2, 0.25) is 0 Å². The van der Waals surface area contributed by atoms with Gasteiger partial charge in [0.25, 0.3) is 0 Å². The van der Waals surface area contributed by atoms with Crippen molar-refractivity contribution >= 4 is 5.91 Å². The normalized spacial score (nSPS) is 19.0. The molecule has 1 saturated heterocycles. The Hall–Kier alpha value is -2.24. The smallest absolute Gasteiger partial charge is 0.227 e. The summed E-state index contributed by atoms with van der Waals surface area (Å²) >= 11 is 0. The molecule has 0 aliphatic carbocycles. The van der Waals surface area contributed by atoms with E-state index in [4.69, 9.17) is 0 Å². The second-order valence-corrected chi connectivity index (χ2v) is 5.05. The summed E-state index contributed by atoms with van der Waals surface area (Å²) in [5.41, 5.74) is 0.959. The number of nitrogens with zero attached hydrogens (tertiary/aromatic N) is 5. The monoisotopic (exact) mass is 271 g/mol. The van der Waals surface area contributed by atoms with Gasteiger partial charge in [0.05, 0.1) is 12.5 Å². The Kier molecular flexibility index (Phi) is 3.71. The predicted molar refractivity (Wildman–Crippen MR) is 72.8 cm³/mol. The van der Waals surface area contributed by atoms with E-state index in [-0.39, 0.29) is 11.9 Å². The number of carbonyl (C=O) groups is 1. The topological polar surface area (TPSA) is 63.9 Å². The van der Waals surface area contributed by atoms with Gasteiger partial charge in [-0.1, -0.05) is 6.07 Å². The first-order valence-corrected chi connectivity index (χ1v) is 6.84. The minimum atomic E-state index is 0.155. The molecule has 0 saturated carbocycles. The summed E-state index contributed by atoms with van der Waals surface area (Å²) in [6.07, 6.45) is 9.18. The lowest BCUT2D eigenvalue weighted by molar-refractivity contribution is -0.132. The van der Waals surface area contributed by atoms with Crippen molar-refractivity contribution in [3.8, 4) is 0 Å². The Bertz CT molecular complexity index is 554. The molecule has 0 unspecified atom stereocenters. The Labute approximate surface area is 117 Å².